The first-order valence-corrected chi connectivity index (χ1v) is 7.48. The summed E-state index contributed by atoms with van der Waals surface area (Å²) in [6.45, 7) is 8.01. The SMILES string of the molecule is C=CCC[C@@H](c1ccc(Cl)cc1Cl)N1CCNCC1. The fourth-order valence-electron chi connectivity index (χ4n) is 2.58. The molecular weight excluding hydrogens is 279 g/mol. The molecule has 19 heavy (non-hydrogen) atoms. The standard InChI is InChI=1S/C15H20Cl2N2/c1-2-3-4-15(19-9-7-18-8-10-19)13-6-5-12(16)11-14(13)17/h2,5-6,11,15,18H,1,3-4,7-10H2/t15-/m0/s1. The van der Waals surface area contributed by atoms with Crippen LogP contribution in [0.1, 0.15) is 24.4 Å². The lowest BCUT2D eigenvalue weighted by Gasteiger charge is -2.35. The zero-order valence-corrected chi connectivity index (χ0v) is 12.6. The molecule has 0 bridgehead atoms. The monoisotopic (exact) mass is 298 g/mol. The molecule has 4 heteroatoms. The zero-order valence-electron chi connectivity index (χ0n) is 11.0. The van der Waals surface area contributed by atoms with Crippen molar-refractivity contribution in [2.75, 3.05) is 26.2 Å². The third-order valence-corrected chi connectivity index (χ3v) is 4.12. The summed E-state index contributed by atoms with van der Waals surface area (Å²) in [6, 6.07) is 6.17. The van der Waals surface area contributed by atoms with E-state index in [1.165, 1.54) is 5.56 Å². The van der Waals surface area contributed by atoms with Gasteiger partial charge in [0, 0.05) is 42.3 Å². The molecule has 0 amide bonds. The number of allylic oxidation sites excluding steroid dienone is 1. The van der Waals surface area contributed by atoms with E-state index in [1.54, 1.807) is 0 Å². The van der Waals surface area contributed by atoms with Gasteiger partial charge in [-0.1, -0.05) is 35.3 Å². The molecule has 0 radical (unpaired) electrons. The predicted octanol–water partition coefficient (Wildman–Crippen LogP) is 3.91. The van der Waals surface area contributed by atoms with Crippen molar-refractivity contribution in [2.24, 2.45) is 0 Å². The van der Waals surface area contributed by atoms with Crippen LogP contribution < -0.4 is 5.32 Å². The molecule has 0 aromatic heterocycles. The van der Waals surface area contributed by atoms with Crippen molar-refractivity contribution < 1.29 is 0 Å². The van der Waals surface area contributed by atoms with Gasteiger partial charge in [-0.3, -0.25) is 4.90 Å². The Kier molecular flexibility index (Phi) is 5.71. The summed E-state index contributed by atoms with van der Waals surface area (Å²) in [5.41, 5.74) is 1.18. The summed E-state index contributed by atoms with van der Waals surface area (Å²) in [6.07, 6.45) is 4.01. The maximum absolute atomic E-state index is 6.37. The van der Waals surface area contributed by atoms with Crippen LogP contribution in [0.15, 0.2) is 30.9 Å². The Balaban J connectivity index is 2.22. The molecule has 0 unspecified atom stereocenters. The molecule has 0 saturated carbocycles. The van der Waals surface area contributed by atoms with Gasteiger partial charge in [0.1, 0.15) is 0 Å². The largest absolute Gasteiger partial charge is 0.314 e. The van der Waals surface area contributed by atoms with E-state index in [2.05, 4.69) is 22.9 Å². The van der Waals surface area contributed by atoms with E-state index in [1.807, 2.05) is 18.2 Å². The van der Waals surface area contributed by atoms with Crippen LogP contribution in [-0.4, -0.2) is 31.1 Å². The molecule has 1 N–H and O–H groups in total. The molecule has 2 nitrogen and oxygen atoms in total. The van der Waals surface area contributed by atoms with Gasteiger partial charge in [-0.25, -0.2) is 0 Å². The Hall–Kier alpha value is -0.540. The van der Waals surface area contributed by atoms with Crippen molar-refractivity contribution in [3.63, 3.8) is 0 Å². The third-order valence-electron chi connectivity index (χ3n) is 3.56. The van der Waals surface area contributed by atoms with Gasteiger partial charge in [0.05, 0.1) is 0 Å². The van der Waals surface area contributed by atoms with Gasteiger partial charge < -0.3 is 5.32 Å². The summed E-state index contributed by atoms with van der Waals surface area (Å²) in [5, 5.41) is 4.84. The second-order valence-electron chi connectivity index (χ2n) is 4.83. The fraction of sp³-hybridized carbons (Fsp3) is 0.467. The van der Waals surface area contributed by atoms with E-state index < -0.39 is 0 Å². The third kappa shape index (κ3) is 3.96. The first kappa shape index (κ1) is 14.9. The Morgan fingerprint density at radius 2 is 2.05 bits per heavy atom. The maximum Gasteiger partial charge on any atom is 0.0468 e. The molecule has 1 aromatic carbocycles. The molecule has 1 heterocycles. The second kappa shape index (κ2) is 7.30. The highest BCUT2D eigenvalue weighted by atomic mass is 35.5. The van der Waals surface area contributed by atoms with Crippen molar-refractivity contribution in [3.8, 4) is 0 Å². The van der Waals surface area contributed by atoms with E-state index in [0.29, 0.717) is 11.1 Å². The zero-order chi connectivity index (χ0) is 13.7. The lowest BCUT2D eigenvalue weighted by molar-refractivity contribution is 0.166. The molecule has 1 aliphatic rings. The number of rotatable bonds is 5. The molecule has 1 fully saturated rings. The van der Waals surface area contributed by atoms with Gasteiger partial charge in [-0.15, -0.1) is 6.58 Å². The molecule has 104 valence electrons. The number of hydrogen-bond donors (Lipinski definition) is 1. The van der Waals surface area contributed by atoms with Crippen molar-refractivity contribution in [1.29, 1.82) is 0 Å². The number of halogens is 2. The normalized spacial score (nSPS) is 18.2. The Labute approximate surface area is 125 Å². The summed E-state index contributed by atoms with van der Waals surface area (Å²) < 4.78 is 0. The predicted molar refractivity (Wildman–Crippen MR) is 83.1 cm³/mol. The summed E-state index contributed by atoms with van der Waals surface area (Å²) in [5.74, 6) is 0. The minimum Gasteiger partial charge on any atom is -0.314 e. The van der Waals surface area contributed by atoms with Crippen LogP contribution in [0.25, 0.3) is 0 Å². The maximum atomic E-state index is 6.37. The average molecular weight is 299 g/mol. The highest BCUT2D eigenvalue weighted by Crippen LogP contribution is 2.33. The van der Waals surface area contributed by atoms with Gasteiger partial charge in [-0.2, -0.15) is 0 Å². The average Bonchev–Trinajstić information content (AvgIpc) is 2.42. The second-order valence-corrected chi connectivity index (χ2v) is 5.68. The molecule has 1 saturated heterocycles. The van der Waals surface area contributed by atoms with Crippen LogP contribution in [0.3, 0.4) is 0 Å². The van der Waals surface area contributed by atoms with Crippen LogP contribution in [0.4, 0.5) is 0 Å². The Morgan fingerprint density at radius 1 is 1.32 bits per heavy atom. The molecule has 0 spiro atoms. The minimum absolute atomic E-state index is 0.352. The number of benzene rings is 1. The smallest absolute Gasteiger partial charge is 0.0468 e. The van der Waals surface area contributed by atoms with Crippen LogP contribution >= 0.6 is 23.2 Å². The van der Waals surface area contributed by atoms with E-state index in [4.69, 9.17) is 23.2 Å². The molecule has 2 rings (SSSR count). The first-order valence-electron chi connectivity index (χ1n) is 6.73. The molecule has 1 aromatic rings. The number of nitrogens with one attached hydrogen (secondary N) is 1. The van der Waals surface area contributed by atoms with Gasteiger partial charge in [0.15, 0.2) is 0 Å². The number of piperazine rings is 1. The van der Waals surface area contributed by atoms with Crippen molar-refractivity contribution in [3.05, 3.63) is 46.5 Å². The Morgan fingerprint density at radius 3 is 2.68 bits per heavy atom. The van der Waals surface area contributed by atoms with E-state index in [9.17, 15) is 0 Å². The van der Waals surface area contributed by atoms with E-state index in [-0.39, 0.29) is 0 Å². The topological polar surface area (TPSA) is 15.3 Å². The highest BCUT2D eigenvalue weighted by molar-refractivity contribution is 6.35. The Bertz CT molecular complexity index is 428. The van der Waals surface area contributed by atoms with Crippen molar-refractivity contribution in [2.45, 2.75) is 18.9 Å². The molecule has 1 aliphatic heterocycles. The molecule has 0 aliphatic carbocycles. The highest BCUT2D eigenvalue weighted by Gasteiger charge is 2.23. The van der Waals surface area contributed by atoms with Crippen LogP contribution in [-0.2, 0) is 0 Å². The van der Waals surface area contributed by atoms with E-state index in [0.717, 1.165) is 44.0 Å². The number of nitrogens with zero attached hydrogens (tertiary/aromatic N) is 1. The fourth-order valence-corrected chi connectivity index (χ4v) is 3.11. The van der Waals surface area contributed by atoms with E-state index >= 15 is 0 Å². The van der Waals surface area contributed by atoms with Crippen molar-refractivity contribution in [1.82, 2.24) is 10.2 Å². The lowest BCUT2D eigenvalue weighted by atomic mass is 9.99. The summed E-state index contributed by atoms with van der Waals surface area (Å²) in [7, 11) is 0. The summed E-state index contributed by atoms with van der Waals surface area (Å²) in [4.78, 5) is 2.50. The minimum atomic E-state index is 0.352. The van der Waals surface area contributed by atoms with Gasteiger partial charge in [0.25, 0.3) is 0 Å². The van der Waals surface area contributed by atoms with Gasteiger partial charge >= 0.3 is 0 Å². The van der Waals surface area contributed by atoms with Gasteiger partial charge in [-0.05, 0) is 30.5 Å². The molecule has 1 atom stereocenters. The molecular formula is C15H20Cl2N2. The van der Waals surface area contributed by atoms with Crippen molar-refractivity contribution >= 4 is 23.2 Å². The lowest BCUT2D eigenvalue weighted by Crippen LogP contribution is -2.45. The number of hydrogen-bond acceptors (Lipinski definition) is 2. The van der Waals surface area contributed by atoms with Crippen LogP contribution in [0.2, 0.25) is 10.0 Å². The van der Waals surface area contributed by atoms with Crippen LogP contribution in [0, 0.1) is 0 Å². The first-order chi connectivity index (χ1) is 9.22. The quantitative estimate of drug-likeness (QED) is 0.829. The van der Waals surface area contributed by atoms with Gasteiger partial charge in [0.2, 0.25) is 0 Å². The summed E-state index contributed by atoms with van der Waals surface area (Å²) >= 11 is 12.4. The van der Waals surface area contributed by atoms with Crippen LogP contribution in [0.5, 0.6) is 0 Å².